The maximum atomic E-state index is 11.3. The molecule has 0 unspecified atom stereocenters. The number of hydrogen-bond donors (Lipinski definition) is 3. The summed E-state index contributed by atoms with van der Waals surface area (Å²) in [5, 5.41) is 10.5. The van der Waals surface area contributed by atoms with Gasteiger partial charge in [-0.05, 0) is 43.7 Å². The Morgan fingerprint density at radius 3 is 2.83 bits per heavy atom. The van der Waals surface area contributed by atoms with Gasteiger partial charge in [-0.1, -0.05) is 25.1 Å². The quantitative estimate of drug-likeness (QED) is 0.468. The summed E-state index contributed by atoms with van der Waals surface area (Å²) in [4.78, 5) is 24.2. The number of carboxylic acid groups (broad SMARTS) is 1. The highest BCUT2D eigenvalue weighted by atomic mass is 16.4. The van der Waals surface area contributed by atoms with Crippen LogP contribution in [0.5, 0.6) is 0 Å². The molecule has 0 atom stereocenters. The third-order valence-corrected chi connectivity index (χ3v) is 6.43. The van der Waals surface area contributed by atoms with Crippen molar-refractivity contribution in [2.75, 3.05) is 5.73 Å². The fourth-order valence-electron chi connectivity index (χ4n) is 4.80. The van der Waals surface area contributed by atoms with E-state index in [9.17, 15) is 9.90 Å². The molecule has 0 spiro atoms. The van der Waals surface area contributed by atoms with Gasteiger partial charge in [0.25, 0.3) is 0 Å². The molecule has 0 radical (unpaired) electrons. The number of aromatic amines is 1. The number of anilines is 1. The van der Waals surface area contributed by atoms with Crippen LogP contribution in [0.3, 0.4) is 0 Å². The lowest BCUT2D eigenvalue weighted by atomic mass is 9.81. The number of carbonyl (C=O) groups is 1. The van der Waals surface area contributed by atoms with Crippen molar-refractivity contribution in [2.24, 2.45) is 5.92 Å². The van der Waals surface area contributed by atoms with Gasteiger partial charge < -0.3 is 15.8 Å². The SMILES string of the molecule is CCc1cccc2cc(-c3nc(C4CCC(C(=O)O)CC4)n4ccnc(N)c34)[nH]c12. The van der Waals surface area contributed by atoms with Crippen molar-refractivity contribution >= 4 is 28.2 Å². The van der Waals surface area contributed by atoms with E-state index in [1.807, 2.05) is 10.6 Å². The molecule has 1 saturated carbocycles. The number of aliphatic carboxylic acids is 1. The smallest absolute Gasteiger partial charge is 0.306 e. The first-order valence-corrected chi connectivity index (χ1v) is 10.5. The Morgan fingerprint density at radius 2 is 2.10 bits per heavy atom. The summed E-state index contributed by atoms with van der Waals surface area (Å²) in [6.45, 7) is 2.15. The number of aromatic nitrogens is 4. The standard InChI is InChI=1S/C23H25N5O2/c1-2-13-4-3-5-16-12-17(26-18(13)16)19-20-21(24)25-10-11-28(20)22(27-19)14-6-8-15(9-7-14)23(29)30/h3-5,10-12,14-15,26H,2,6-9H2,1H3,(H2,24,25)(H,29,30). The number of nitrogen functional groups attached to an aromatic ring is 1. The zero-order valence-corrected chi connectivity index (χ0v) is 16.9. The van der Waals surface area contributed by atoms with Gasteiger partial charge in [-0.2, -0.15) is 0 Å². The molecule has 3 aromatic heterocycles. The molecule has 1 aliphatic carbocycles. The summed E-state index contributed by atoms with van der Waals surface area (Å²) in [6.07, 6.45) is 7.52. The van der Waals surface area contributed by atoms with Crippen LogP contribution in [-0.4, -0.2) is 30.4 Å². The van der Waals surface area contributed by atoms with Crippen LogP contribution in [0, 0.1) is 5.92 Å². The Morgan fingerprint density at radius 1 is 1.30 bits per heavy atom. The second-order valence-electron chi connectivity index (χ2n) is 8.15. The van der Waals surface area contributed by atoms with Crippen LogP contribution in [0.2, 0.25) is 0 Å². The van der Waals surface area contributed by atoms with Gasteiger partial charge in [0.15, 0.2) is 0 Å². The third-order valence-electron chi connectivity index (χ3n) is 6.43. The number of aryl methyl sites for hydroxylation is 1. The van der Waals surface area contributed by atoms with E-state index in [0.29, 0.717) is 18.7 Å². The Kier molecular flexibility index (Phi) is 4.46. The van der Waals surface area contributed by atoms with Crippen LogP contribution < -0.4 is 5.73 Å². The zero-order chi connectivity index (χ0) is 20.8. The summed E-state index contributed by atoms with van der Waals surface area (Å²) in [6, 6.07) is 8.43. The van der Waals surface area contributed by atoms with Crippen LogP contribution in [0.15, 0.2) is 36.7 Å². The Labute approximate surface area is 174 Å². The van der Waals surface area contributed by atoms with Crippen molar-refractivity contribution in [3.8, 4) is 11.4 Å². The first-order valence-electron chi connectivity index (χ1n) is 10.5. The normalized spacial score (nSPS) is 19.5. The molecular weight excluding hydrogens is 378 g/mol. The average molecular weight is 403 g/mol. The molecular formula is C23H25N5O2. The molecule has 0 amide bonds. The number of imidazole rings is 1. The Balaban J connectivity index is 1.63. The number of fused-ring (bicyclic) bond motifs is 2. The average Bonchev–Trinajstić information content (AvgIpc) is 3.36. The van der Waals surface area contributed by atoms with E-state index in [0.717, 1.165) is 52.9 Å². The fourth-order valence-corrected chi connectivity index (χ4v) is 4.80. The highest BCUT2D eigenvalue weighted by Gasteiger charge is 2.30. The minimum atomic E-state index is -0.694. The van der Waals surface area contributed by atoms with Gasteiger partial charge in [0.05, 0.1) is 11.6 Å². The van der Waals surface area contributed by atoms with E-state index in [1.54, 1.807) is 6.20 Å². The monoisotopic (exact) mass is 403 g/mol. The fraction of sp³-hybridized carbons (Fsp3) is 0.348. The second kappa shape index (κ2) is 7.16. The number of hydrogen-bond acceptors (Lipinski definition) is 4. The van der Waals surface area contributed by atoms with Crippen LogP contribution in [0.25, 0.3) is 27.8 Å². The number of rotatable bonds is 4. The molecule has 5 rings (SSSR count). The molecule has 7 heteroatoms. The first-order chi connectivity index (χ1) is 14.6. The van der Waals surface area contributed by atoms with E-state index in [-0.39, 0.29) is 11.8 Å². The molecule has 1 aliphatic rings. The van der Waals surface area contributed by atoms with Crippen molar-refractivity contribution in [2.45, 2.75) is 44.9 Å². The predicted octanol–water partition coefficient (Wildman–Crippen LogP) is 4.38. The highest BCUT2D eigenvalue weighted by molar-refractivity contribution is 5.92. The molecule has 4 aromatic rings. The number of para-hydroxylation sites is 1. The van der Waals surface area contributed by atoms with Gasteiger partial charge in [-0.15, -0.1) is 0 Å². The summed E-state index contributed by atoms with van der Waals surface area (Å²) in [5.41, 5.74) is 11.2. The zero-order valence-electron chi connectivity index (χ0n) is 16.9. The molecule has 0 bridgehead atoms. The largest absolute Gasteiger partial charge is 0.481 e. The minimum Gasteiger partial charge on any atom is -0.481 e. The van der Waals surface area contributed by atoms with Crippen molar-refractivity contribution in [1.82, 2.24) is 19.4 Å². The van der Waals surface area contributed by atoms with Gasteiger partial charge in [0.2, 0.25) is 0 Å². The molecule has 7 nitrogen and oxygen atoms in total. The van der Waals surface area contributed by atoms with Crippen molar-refractivity contribution in [1.29, 1.82) is 0 Å². The van der Waals surface area contributed by atoms with Crippen molar-refractivity contribution in [3.63, 3.8) is 0 Å². The first kappa shape index (κ1) is 18.7. The Hall–Kier alpha value is -3.35. The van der Waals surface area contributed by atoms with E-state index < -0.39 is 5.97 Å². The van der Waals surface area contributed by atoms with Gasteiger partial charge in [0.1, 0.15) is 22.9 Å². The molecule has 1 aromatic carbocycles. The molecule has 0 aliphatic heterocycles. The maximum Gasteiger partial charge on any atom is 0.306 e. The van der Waals surface area contributed by atoms with Crippen LogP contribution >= 0.6 is 0 Å². The lowest BCUT2D eigenvalue weighted by Gasteiger charge is -2.25. The van der Waals surface area contributed by atoms with Crippen molar-refractivity contribution < 1.29 is 9.90 Å². The molecule has 1 fully saturated rings. The number of nitrogens with one attached hydrogen (secondary N) is 1. The second-order valence-corrected chi connectivity index (χ2v) is 8.15. The summed E-state index contributed by atoms with van der Waals surface area (Å²) in [5.74, 6) is 0.645. The number of H-pyrrole nitrogens is 1. The lowest BCUT2D eigenvalue weighted by molar-refractivity contribution is -0.142. The number of nitrogens with two attached hydrogens (primary N) is 1. The summed E-state index contributed by atoms with van der Waals surface area (Å²) >= 11 is 0. The number of carboxylic acids is 1. The van der Waals surface area contributed by atoms with Gasteiger partial charge in [-0.3, -0.25) is 9.20 Å². The summed E-state index contributed by atoms with van der Waals surface area (Å²) < 4.78 is 2.04. The lowest BCUT2D eigenvalue weighted by Crippen LogP contribution is -2.21. The van der Waals surface area contributed by atoms with Crippen molar-refractivity contribution in [3.05, 3.63) is 48.0 Å². The van der Waals surface area contributed by atoms with E-state index in [4.69, 9.17) is 10.7 Å². The molecule has 0 saturated heterocycles. The van der Waals surface area contributed by atoms with Gasteiger partial charge >= 0.3 is 5.97 Å². The third kappa shape index (κ3) is 2.93. The minimum absolute atomic E-state index is 0.208. The van der Waals surface area contributed by atoms with Crippen LogP contribution in [0.1, 0.15) is 49.9 Å². The van der Waals surface area contributed by atoms with E-state index >= 15 is 0 Å². The highest BCUT2D eigenvalue weighted by Crippen LogP contribution is 2.39. The van der Waals surface area contributed by atoms with E-state index in [1.165, 1.54) is 5.56 Å². The molecule has 3 heterocycles. The Bertz CT molecular complexity index is 1250. The maximum absolute atomic E-state index is 11.3. The summed E-state index contributed by atoms with van der Waals surface area (Å²) in [7, 11) is 0. The van der Waals surface area contributed by atoms with E-state index in [2.05, 4.69) is 41.2 Å². The number of nitrogens with zero attached hydrogens (tertiary/aromatic N) is 3. The van der Waals surface area contributed by atoms with Gasteiger partial charge in [0, 0.05) is 29.2 Å². The molecule has 4 N–H and O–H groups in total. The number of benzene rings is 1. The topological polar surface area (TPSA) is 109 Å². The predicted molar refractivity (Wildman–Crippen MR) is 116 cm³/mol. The van der Waals surface area contributed by atoms with Crippen LogP contribution in [0.4, 0.5) is 5.82 Å². The molecule has 154 valence electrons. The molecule has 30 heavy (non-hydrogen) atoms. The van der Waals surface area contributed by atoms with Crippen LogP contribution in [-0.2, 0) is 11.2 Å². The van der Waals surface area contributed by atoms with Gasteiger partial charge in [-0.25, -0.2) is 9.97 Å².